The second-order valence-electron chi connectivity index (χ2n) is 6.21. The van der Waals surface area contributed by atoms with Crippen LogP contribution in [0.25, 0.3) is 0 Å². The summed E-state index contributed by atoms with van der Waals surface area (Å²) in [6.45, 7) is 1.05. The number of anilines is 1. The lowest BCUT2D eigenvalue weighted by Gasteiger charge is -2.25. The van der Waals surface area contributed by atoms with Gasteiger partial charge in [0.15, 0.2) is 0 Å². The molecule has 158 valence electrons. The van der Waals surface area contributed by atoms with Crippen molar-refractivity contribution in [2.24, 2.45) is 7.05 Å². The maximum atomic E-state index is 12.7. The monoisotopic (exact) mass is 433 g/mol. The molecule has 0 unspecified atom stereocenters. The van der Waals surface area contributed by atoms with Gasteiger partial charge in [0, 0.05) is 32.0 Å². The molecule has 29 heavy (non-hydrogen) atoms. The molecule has 1 amide bonds. The van der Waals surface area contributed by atoms with Gasteiger partial charge in [-0.25, -0.2) is 8.42 Å². The van der Waals surface area contributed by atoms with E-state index >= 15 is 0 Å². The van der Waals surface area contributed by atoms with Gasteiger partial charge in [-0.1, -0.05) is 0 Å². The summed E-state index contributed by atoms with van der Waals surface area (Å²) in [4.78, 5) is 12.5. The van der Waals surface area contributed by atoms with Crippen LogP contribution in [0.3, 0.4) is 0 Å². The van der Waals surface area contributed by atoms with Crippen molar-refractivity contribution < 1.29 is 35.9 Å². The first-order valence-electron chi connectivity index (χ1n) is 8.48. The number of carbonyl (C=O) groups excluding carboxylic acids is 1. The number of alkyl halides is 3. The van der Waals surface area contributed by atoms with E-state index in [1.54, 1.807) is 0 Å². The number of hydrogen-bond donors (Lipinski definition) is 1. The second kappa shape index (κ2) is 8.05. The Balaban J connectivity index is 1.73. The summed E-state index contributed by atoms with van der Waals surface area (Å²) in [6.07, 6.45) is -3.48. The van der Waals surface area contributed by atoms with Gasteiger partial charge in [-0.3, -0.25) is 4.79 Å². The van der Waals surface area contributed by atoms with Crippen molar-refractivity contribution in [3.8, 4) is 5.75 Å². The van der Waals surface area contributed by atoms with Crippen molar-refractivity contribution in [3.05, 3.63) is 42.2 Å². The minimum atomic E-state index is -4.81. The first-order valence-corrected chi connectivity index (χ1v) is 9.92. The standard InChI is InChI=1S/C17H18F3N3O5S/c1-22-11-14(29(25,26)23-6-8-27-9-7-23)10-15(22)16(24)21-12-2-4-13(5-3-12)28-17(18,19)20/h2-5,10-11H,6-9H2,1H3,(H,21,24). The van der Waals surface area contributed by atoms with Crippen LogP contribution in [0.2, 0.25) is 0 Å². The number of carbonyl (C=O) groups is 1. The van der Waals surface area contributed by atoms with Crippen molar-refractivity contribution in [1.82, 2.24) is 8.87 Å². The van der Waals surface area contributed by atoms with E-state index in [0.29, 0.717) is 13.2 Å². The molecule has 0 bridgehead atoms. The molecule has 8 nitrogen and oxygen atoms in total. The Bertz CT molecular complexity index is 981. The molecule has 0 radical (unpaired) electrons. The number of nitrogens with one attached hydrogen (secondary N) is 1. The molecule has 1 N–H and O–H groups in total. The lowest BCUT2D eigenvalue weighted by atomic mass is 10.3. The van der Waals surface area contributed by atoms with Gasteiger partial charge in [-0.15, -0.1) is 13.2 Å². The molecule has 2 heterocycles. The molecule has 12 heteroatoms. The molecular weight excluding hydrogens is 415 g/mol. The Morgan fingerprint density at radius 3 is 2.38 bits per heavy atom. The van der Waals surface area contributed by atoms with Gasteiger partial charge in [0.25, 0.3) is 5.91 Å². The predicted molar refractivity (Wildman–Crippen MR) is 96.1 cm³/mol. The van der Waals surface area contributed by atoms with Crippen LogP contribution in [0.4, 0.5) is 18.9 Å². The number of sulfonamides is 1. The number of rotatable bonds is 5. The van der Waals surface area contributed by atoms with Gasteiger partial charge in [-0.2, -0.15) is 4.31 Å². The Kier molecular flexibility index (Phi) is 5.87. The van der Waals surface area contributed by atoms with Crippen LogP contribution >= 0.6 is 0 Å². The first kappa shape index (κ1) is 21.1. The third-order valence-corrected chi connectivity index (χ3v) is 6.03. The molecule has 0 spiro atoms. The first-order chi connectivity index (χ1) is 13.6. The molecule has 3 rings (SSSR count). The lowest BCUT2D eigenvalue weighted by molar-refractivity contribution is -0.274. The molecular formula is C17H18F3N3O5S. The quantitative estimate of drug-likeness (QED) is 0.781. The largest absolute Gasteiger partial charge is 0.573 e. The topological polar surface area (TPSA) is 89.9 Å². The molecule has 1 saturated heterocycles. The van der Waals surface area contributed by atoms with Gasteiger partial charge in [0.1, 0.15) is 16.3 Å². The lowest BCUT2D eigenvalue weighted by Crippen LogP contribution is -2.40. The Hall–Kier alpha value is -2.57. The normalized spacial score (nSPS) is 15.9. The summed E-state index contributed by atoms with van der Waals surface area (Å²) in [7, 11) is -2.24. The number of ether oxygens (including phenoxy) is 2. The zero-order valence-corrected chi connectivity index (χ0v) is 16.1. The maximum absolute atomic E-state index is 12.7. The number of morpholine rings is 1. The number of benzene rings is 1. The minimum absolute atomic E-state index is 0.0269. The van der Waals surface area contributed by atoms with Gasteiger partial charge >= 0.3 is 6.36 Å². The van der Waals surface area contributed by atoms with E-state index in [2.05, 4.69) is 10.1 Å². The molecule has 2 aromatic rings. The van der Waals surface area contributed by atoms with Crippen LogP contribution < -0.4 is 10.1 Å². The molecule has 0 aliphatic carbocycles. The van der Waals surface area contributed by atoms with Crippen molar-refractivity contribution in [2.75, 3.05) is 31.6 Å². The van der Waals surface area contributed by atoms with E-state index < -0.39 is 28.0 Å². The fraction of sp³-hybridized carbons (Fsp3) is 0.353. The van der Waals surface area contributed by atoms with E-state index in [0.717, 1.165) is 12.1 Å². The Labute approximate surface area is 164 Å². The summed E-state index contributed by atoms with van der Waals surface area (Å²) in [5.74, 6) is -1.03. The summed E-state index contributed by atoms with van der Waals surface area (Å²) < 4.78 is 73.6. The summed E-state index contributed by atoms with van der Waals surface area (Å²) in [6, 6.07) is 5.85. The summed E-state index contributed by atoms with van der Waals surface area (Å²) >= 11 is 0. The van der Waals surface area contributed by atoms with Gasteiger partial charge in [0.2, 0.25) is 10.0 Å². The fourth-order valence-corrected chi connectivity index (χ4v) is 4.25. The molecule has 1 aromatic heterocycles. The zero-order valence-electron chi connectivity index (χ0n) is 15.3. The number of hydrogen-bond acceptors (Lipinski definition) is 5. The maximum Gasteiger partial charge on any atom is 0.573 e. The van der Waals surface area contributed by atoms with Crippen LogP contribution in [0.15, 0.2) is 41.4 Å². The third-order valence-electron chi connectivity index (χ3n) is 4.17. The van der Waals surface area contributed by atoms with E-state index in [1.165, 1.54) is 40.3 Å². The molecule has 1 aliphatic heterocycles. The van der Waals surface area contributed by atoms with E-state index in [9.17, 15) is 26.4 Å². The summed E-state index contributed by atoms with van der Waals surface area (Å²) in [5.41, 5.74) is 0.302. The Morgan fingerprint density at radius 2 is 1.79 bits per heavy atom. The SMILES string of the molecule is Cn1cc(S(=O)(=O)N2CCOCC2)cc1C(=O)Nc1ccc(OC(F)(F)F)cc1. The van der Waals surface area contributed by atoms with E-state index in [-0.39, 0.29) is 29.4 Å². The highest BCUT2D eigenvalue weighted by Gasteiger charge is 2.31. The minimum Gasteiger partial charge on any atom is -0.406 e. The van der Waals surface area contributed by atoms with E-state index in [1.807, 2.05) is 0 Å². The van der Waals surface area contributed by atoms with Gasteiger partial charge in [-0.05, 0) is 30.3 Å². The molecule has 1 aliphatic rings. The average molecular weight is 433 g/mol. The van der Waals surface area contributed by atoms with E-state index in [4.69, 9.17) is 4.74 Å². The number of aromatic nitrogens is 1. The van der Waals surface area contributed by atoms with Gasteiger partial charge in [0.05, 0.1) is 13.2 Å². The predicted octanol–water partition coefficient (Wildman–Crippen LogP) is 2.20. The van der Waals surface area contributed by atoms with Crippen molar-refractivity contribution in [1.29, 1.82) is 0 Å². The molecule has 0 saturated carbocycles. The molecule has 0 atom stereocenters. The van der Waals surface area contributed by atoms with Crippen LogP contribution in [0.1, 0.15) is 10.5 Å². The highest BCUT2D eigenvalue weighted by molar-refractivity contribution is 7.89. The smallest absolute Gasteiger partial charge is 0.406 e. The van der Waals surface area contributed by atoms with Crippen molar-refractivity contribution >= 4 is 21.6 Å². The molecule has 1 fully saturated rings. The highest BCUT2D eigenvalue weighted by atomic mass is 32.2. The van der Waals surface area contributed by atoms with Crippen LogP contribution in [-0.4, -0.2) is 55.9 Å². The number of amides is 1. The second-order valence-corrected chi connectivity index (χ2v) is 8.15. The Morgan fingerprint density at radius 1 is 1.17 bits per heavy atom. The van der Waals surface area contributed by atoms with Crippen LogP contribution in [0.5, 0.6) is 5.75 Å². The highest BCUT2D eigenvalue weighted by Crippen LogP contribution is 2.25. The van der Waals surface area contributed by atoms with Crippen molar-refractivity contribution in [3.63, 3.8) is 0 Å². The number of nitrogens with zero attached hydrogens (tertiary/aromatic N) is 2. The molecule has 1 aromatic carbocycles. The average Bonchev–Trinajstić information content (AvgIpc) is 3.05. The van der Waals surface area contributed by atoms with Crippen LogP contribution in [-0.2, 0) is 21.8 Å². The fourth-order valence-electron chi connectivity index (χ4n) is 2.77. The number of halogens is 3. The summed E-state index contributed by atoms with van der Waals surface area (Å²) in [5, 5.41) is 2.51. The van der Waals surface area contributed by atoms with Crippen molar-refractivity contribution in [2.45, 2.75) is 11.3 Å². The zero-order chi connectivity index (χ0) is 21.2. The van der Waals surface area contributed by atoms with Gasteiger partial charge < -0.3 is 19.4 Å². The number of aryl methyl sites for hydroxylation is 1. The van der Waals surface area contributed by atoms with Crippen LogP contribution in [0, 0.1) is 0 Å². The third kappa shape index (κ3) is 5.08.